The Morgan fingerprint density at radius 2 is 2.07 bits per heavy atom. The number of aliphatic hydroxyl groups is 1. The summed E-state index contributed by atoms with van der Waals surface area (Å²) in [4.78, 5) is 30.3. The van der Waals surface area contributed by atoms with E-state index in [9.17, 15) is 14.7 Å². The minimum Gasteiger partial charge on any atom is -0.503 e. The molecular weight excluding hydrogens is 394 g/mol. The van der Waals surface area contributed by atoms with Gasteiger partial charge in [-0.05, 0) is 29.8 Å². The van der Waals surface area contributed by atoms with Gasteiger partial charge in [0.1, 0.15) is 12.4 Å². The van der Waals surface area contributed by atoms with Crippen molar-refractivity contribution in [2.45, 2.75) is 19.0 Å². The number of carbonyl (C=O) groups is 2. The summed E-state index contributed by atoms with van der Waals surface area (Å²) in [6, 6.07) is 9.28. The standard InChI is InChI=1S/C21H18ClN3O4/c22-15-6-4-14(5-7-15)18-17(19(26)16-3-1-12-29-16)20(27)21(28)25(18)10-2-9-24-11-8-23-13-24/h1,3-8,11-13,18H,2,9-10H2,(H,26,27)/p+1. The number of aryl methyl sites for hydroxylation is 1. The first-order valence-corrected chi connectivity index (χ1v) is 9.53. The number of benzene rings is 1. The Morgan fingerprint density at radius 3 is 2.72 bits per heavy atom. The molecule has 1 aliphatic rings. The maximum Gasteiger partial charge on any atom is 0.290 e. The molecular formula is C21H19ClN3O4+. The first-order chi connectivity index (χ1) is 14.1. The minimum absolute atomic E-state index is 0.0153. The molecule has 4 rings (SSSR count). The number of aromatic amines is 1. The first-order valence-electron chi connectivity index (χ1n) is 9.16. The van der Waals surface area contributed by atoms with Crippen LogP contribution >= 0.6 is 11.6 Å². The third-order valence-electron chi connectivity index (χ3n) is 4.90. The molecule has 148 valence electrons. The molecule has 0 saturated heterocycles. The van der Waals surface area contributed by atoms with Crippen LogP contribution in [0.5, 0.6) is 0 Å². The van der Waals surface area contributed by atoms with Crippen molar-refractivity contribution in [3.05, 3.63) is 89.1 Å². The highest BCUT2D eigenvalue weighted by atomic mass is 35.5. The molecule has 1 aliphatic heterocycles. The van der Waals surface area contributed by atoms with Crippen molar-refractivity contribution >= 4 is 23.3 Å². The summed E-state index contributed by atoms with van der Waals surface area (Å²) in [7, 11) is 0. The van der Waals surface area contributed by atoms with E-state index in [1.54, 1.807) is 30.3 Å². The summed E-state index contributed by atoms with van der Waals surface area (Å²) in [5.74, 6) is -1.55. The van der Waals surface area contributed by atoms with Crippen LogP contribution in [0.2, 0.25) is 5.02 Å². The highest BCUT2D eigenvalue weighted by Crippen LogP contribution is 2.39. The van der Waals surface area contributed by atoms with Crippen molar-refractivity contribution in [2.24, 2.45) is 0 Å². The molecule has 1 unspecified atom stereocenters. The number of furan rings is 1. The van der Waals surface area contributed by atoms with E-state index >= 15 is 0 Å². The Balaban J connectivity index is 1.66. The second-order valence-electron chi connectivity index (χ2n) is 6.72. The van der Waals surface area contributed by atoms with Gasteiger partial charge in [0.05, 0.1) is 24.4 Å². The second-order valence-corrected chi connectivity index (χ2v) is 7.16. The molecule has 2 aromatic heterocycles. The number of H-pyrrole nitrogens is 1. The number of hydrogen-bond donors (Lipinski definition) is 2. The van der Waals surface area contributed by atoms with E-state index in [2.05, 4.69) is 4.98 Å². The normalized spacial score (nSPS) is 16.7. The van der Waals surface area contributed by atoms with Gasteiger partial charge < -0.3 is 14.4 Å². The lowest BCUT2D eigenvalue weighted by atomic mass is 9.95. The Kier molecular flexibility index (Phi) is 5.22. The maximum atomic E-state index is 13.0. The Bertz CT molecular complexity index is 1040. The highest BCUT2D eigenvalue weighted by Gasteiger charge is 2.44. The third-order valence-corrected chi connectivity index (χ3v) is 5.15. The third kappa shape index (κ3) is 3.69. The SMILES string of the molecule is O=C(C1=C(O)C(=O)N(CCC[n+]2cc[nH]c2)C1c1ccc(Cl)cc1)c1ccco1. The van der Waals surface area contributed by atoms with Crippen LogP contribution in [-0.2, 0) is 11.3 Å². The molecule has 3 aromatic rings. The van der Waals surface area contributed by atoms with Crippen molar-refractivity contribution in [1.29, 1.82) is 0 Å². The van der Waals surface area contributed by atoms with Crippen LogP contribution in [0.3, 0.4) is 0 Å². The van der Waals surface area contributed by atoms with Crippen molar-refractivity contribution < 1.29 is 23.7 Å². The van der Waals surface area contributed by atoms with Crippen LogP contribution in [-0.4, -0.2) is 33.2 Å². The number of halogens is 1. The molecule has 0 saturated carbocycles. The van der Waals surface area contributed by atoms with Crippen molar-refractivity contribution in [3.8, 4) is 0 Å². The largest absolute Gasteiger partial charge is 0.503 e. The predicted octanol–water partition coefficient (Wildman–Crippen LogP) is 3.22. The first kappa shape index (κ1) is 19.0. The van der Waals surface area contributed by atoms with Crippen LogP contribution in [0.15, 0.2) is 77.1 Å². The van der Waals surface area contributed by atoms with Crippen LogP contribution in [0.4, 0.5) is 0 Å². The average Bonchev–Trinajstić information content (AvgIpc) is 3.47. The predicted molar refractivity (Wildman–Crippen MR) is 104 cm³/mol. The zero-order valence-corrected chi connectivity index (χ0v) is 16.2. The van der Waals surface area contributed by atoms with Gasteiger partial charge in [-0.3, -0.25) is 14.6 Å². The smallest absolute Gasteiger partial charge is 0.290 e. The minimum atomic E-state index is -0.714. The Labute approximate surface area is 171 Å². The van der Waals surface area contributed by atoms with Crippen molar-refractivity contribution in [3.63, 3.8) is 0 Å². The van der Waals surface area contributed by atoms with Crippen LogP contribution in [0.1, 0.15) is 28.6 Å². The number of amides is 1. The number of aromatic nitrogens is 2. The van der Waals surface area contributed by atoms with Gasteiger partial charge >= 0.3 is 0 Å². The van der Waals surface area contributed by atoms with Gasteiger partial charge in [-0.25, -0.2) is 4.57 Å². The molecule has 0 fully saturated rings. The zero-order valence-electron chi connectivity index (χ0n) is 15.4. The van der Waals surface area contributed by atoms with E-state index in [4.69, 9.17) is 16.0 Å². The van der Waals surface area contributed by atoms with Gasteiger partial charge in [0.2, 0.25) is 12.1 Å². The van der Waals surface area contributed by atoms with E-state index in [0.29, 0.717) is 30.1 Å². The summed E-state index contributed by atoms with van der Waals surface area (Å²) in [5.41, 5.74) is 0.706. The molecule has 3 heterocycles. The lowest BCUT2D eigenvalue weighted by Crippen LogP contribution is -2.36. The molecule has 1 aromatic carbocycles. The van der Waals surface area contributed by atoms with E-state index in [1.807, 2.05) is 23.3 Å². The summed E-state index contributed by atoms with van der Waals surface area (Å²) in [6.07, 6.45) is 7.55. The number of imidazole rings is 1. The Morgan fingerprint density at radius 1 is 1.28 bits per heavy atom. The molecule has 29 heavy (non-hydrogen) atoms. The summed E-state index contributed by atoms with van der Waals surface area (Å²) < 4.78 is 7.17. The van der Waals surface area contributed by atoms with Gasteiger partial charge in [-0.15, -0.1) is 0 Å². The molecule has 7 nitrogen and oxygen atoms in total. The van der Waals surface area contributed by atoms with Gasteiger partial charge in [0.15, 0.2) is 11.5 Å². The van der Waals surface area contributed by atoms with Crippen LogP contribution < -0.4 is 4.57 Å². The molecule has 8 heteroatoms. The quantitative estimate of drug-likeness (QED) is 0.460. The van der Waals surface area contributed by atoms with E-state index in [0.717, 1.165) is 0 Å². The number of nitrogens with zero attached hydrogens (tertiary/aromatic N) is 2. The van der Waals surface area contributed by atoms with Crippen molar-refractivity contribution in [2.75, 3.05) is 6.54 Å². The fourth-order valence-electron chi connectivity index (χ4n) is 3.53. The number of hydrogen-bond acceptors (Lipinski definition) is 4. The van der Waals surface area contributed by atoms with E-state index < -0.39 is 23.5 Å². The molecule has 0 aliphatic carbocycles. The lowest BCUT2D eigenvalue weighted by molar-refractivity contribution is -0.695. The second kappa shape index (κ2) is 7.97. The Hall–Kier alpha value is -3.32. The van der Waals surface area contributed by atoms with Gasteiger partial charge in [-0.1, -0.05) is 23.7 Å². The number of Topliss-reactive ketones (excluding diaryl/α,β-unsaturated/α-hetero) is 1. The molecule has 1 atom stereocenters. The number of nitrogens with one attached hydrogen (secondary N) is 1. The van der Waals surface area contributed by atoms with Crippen molar-refractivity contribution in [1.82, 2.24) is 9.88 Å². The summed E-state index contributed by atoms with van der Waals surface area (Å²) in [5, 5.41) is 11.1. The number of ketones is 1. The molecule has 0 radical (unpaired) electrons. The van der Waals surface area contributed by atoms with Gasteiger partial charge in [0, 0.05) is 18.0 Å². The number of aliphatic hydroxyl groups excluding tert-OH is 1. The monoisotopic (exact) mass is 412 g/mol. The van der Waals surface area contributed by atoms with Crippen LogP contribution in [0, 0.1) is 0 Å². The maximum absolute atomic E-state index is 13.0. The van der Waals surface area contributed by atoms with E-state index in [1.165, 1.54) is 17.2 Å². The van der Waals surface area contributed by atoms with E-state index in [-0.39, 0.29) is 11.3 Å². The summed E-state index contributed by atoms with van der Waals surface area (Å²) in [6.45, 7) is 1.05. The lowest BCUT2D eigenvalue weighted by Gasteiger charge is -2.26. The highest BCUT2D eigenvalue weighted by molar-refractivity contribution is 6.30. The molecule has 0 spiro atoms. The molecule has 1 amide bonds. The van der Waals surface area contributed by atoms with Crippen LogP contribution in [0.25, 0.3) is 0 Å². The molecule has 0 bridgehead atoms. The van der Waals surface area contributed by atoms with Gasteiger partial charge in [0.25, 0.3) is 5.91 Å². The zero-order chi connectivity index (χ0) is 20.4. The number of carbonyl (C=O) groups excluding carboxylic acids is 2. The fraction of sp³-hybridized carbons (Fsp3) is 0.190. The molecule has 2 N–H and O–H groups in total. The average molecular weight is 413 g/mol. The van der Waals surface area contributed by atoms with Gasteiger partial charge in [-0.2, -0.15) is 0 Å². The fourth-order valence-corrected chi connectivity index (χ4v) is 3.66. The topological polar surface area (TPSA) is 90.4 Å². The number of rotatable bonds is 7. The summed E-state index contributed by atoms with van der Waals surface area (Å²) >= 11 is 6.00.